The van der Waals surface area contributed by atoms with Gasteiger partial charge in [-0.15, -0.1) is 0 Å². The van der Waals surface area contributed by atoms with Gasteiger partial charge in [0.25, 0.3) is 0 Å². The van der Waals surface area contributed by atoms with E-state index in [1.54, 1.807) is 5.48 Å². The van der Waals surface area contributed by atoms with Crippen LogP contribution in [0, 0.1) is 0 Å². The lowest BCUT2D eigenvalue weighted by atomic mass is 10.1. The summed E-state index contributed by atoms with van der Waals surface area (Å²) in [6.07, 6.45) is 1.63. The number of methoxy groups -OCH3 is 1. The quantitative estimate of drug-likeness (QED) is 0.195. The van der Waals surface area contributed by atoms with Gasteiger partial charge in [0, 0.05) is 13.3 Å². The van der Waals surface area contributed by atoms with E-state index in [1.807, 2.05) is 0 Å². The van der Waals surface area contributed by atoms with Crippen molar-refractivity contribution in [2.45, 2.75) is 63.9 Å². The van der Waals surface area contributed by atoms with E-state index >= 15 is 0 Å². The van der Waals surface area contributed by atoms with Crippen LogP contribution in [0.2, 0.25) is 0 Å². The first-order valence-electron chi connectivity index (χ1n) is 9.59. The standard InChI is InChI=1S/C18H31N3O8/c1-3-4-5-6-7-10-28-18(25)29-12-14(27-2)16(23)13(22)11-21-9-8-15(20-26)19-17(21)24/h8-9,13-14,16,22-23,26H,3-7,10-12H2,1-2H3,(H,19,20,24)/t13-,14-,16-/m1/s1. The van der Waals surface area contributed by atoms with Crippen molar-refractivity contribution in [3.63, 3.8) is 0 Å². The summed E-state index contributed by atoms with van der Waals surface area (Å²) in [7, 11) is 1.29. The largest absolute Gasteiger partial charge is 0.508 e. The highest BCUT2D eigenvalue weighted by molar-refractivity contribution is 5.59. The maximum Gasteiger partial charge on any atom is 0.508 e. The lowest BCUT2D eigenvalue weighted by molar-refractivity contribution is -0.102. The minimum Gasteiger partial charge on any atom is -0.434 e. The minimum absolute atomic E-state index is 0.0478. The van der Waals surface area contributed by atoms with Crippen molar-refractivity contribution in [2.75, 3.05) is 25.8 Å². The lowest BCUT2D eigenvalue weighted by Crippen LogP contribution is -2.45. The fraction of sp³-hybridized carbons (Fsp3) is 0.722. The number of carbonyl (C=O) groups is 1. The molecule has 0 bridgehead atoms. The third kappa shape index (κ3) is 9.22. The molecule has 0 radical (unpaired) electrons. The van der Waals surface area contributed by atoms with Crippen LogP contribution in [0.3, 0.4) is 0 Å². The van der Waals surface area contributed by atoms with Crippen molar-refractivity contribution in [3.8, 4) is 0 Å². The predicted molar refractivity (Wildman–Crippen MR) is 103 cm³/mol. The number of unbranched alkanes of at least 4 members (excludes halogenated alkanes) is 4. The molecule has 0 spiro atoms. The summed E-state index contributed by atoms with van der Waals surface area (Å²) in [5.74, 6) is -0.0478. The van der Waals surface area contributed by atoms with Gasteiger partial charge in [-0.3, -0.25) is 15.3 Å². The Morgan fingerprint density at radius 2 is 1.97 bits per heavy atom. The van der Waals surface area contributed by atoms with Crippen molar-refractivity contribution in [3.05, 3.63) is 22.7 Å². The summed E-state index contributed by atoms with van der Waals surface area (Å²) in [6, 6.07) is 1.32. The molecule has 0 aliphatic rings. The van der Waals surface area contributed by atoms with E-state index in [-0.39, 0.29) is 25.6 Å². The van der Waals surface area contributed by atoms with Crippen molar-refractivity contribution < 1.29 is 34.4 Å². The molecule has 1 aromatic heterocycles. The van der Waals surface area contributed by atoms with Crippen LogP contribution in [0.15, 0.2) is 17.1 Å². The summed E-state index contributed by atoms with van der Waals surface area (Å²) >= 11 is 0. The van der Waals surface area contributed by atoms with Gasteiger partial charge >= 0.3 is 11.8 Å². The predicted octanol–water partition coefficient (Wildman–Crippen LogP) is 0.905. The summed E-state index contributed by atoms with van der Waals surface area (Å²) in [4.78, 5) is 26.9. The molecule has 4 N–H and O–H groups in total. The molecule has 0 unspecified atom stereocenters. The third-order valence-electron chi connectivity index (χ3n) is 4.28. The van der Waals surface area contributed by atoms with Crippen LogP contribution in [-0.2, 0) is 20.8 Å². The van der Waals surface area contributed by atoms with Gasteiger partial charge in [-0.05, 0) is 12.5 Å². The maximum atomic E-state index is 11.8. The Bertz CT molecular complexity index is 654. The number of nitrogens with zero attached hydrogens (tertiary/aromatic N) is 2. The summed E-state index contributed by atoms with van der Waals surface area (Å²) in [5.41, 5.74) is 1.00. The topological polar surface area (TPSA) is 152 Å². The van der Waals surface area contributed by atoms with Crippen LogP contribution in [0.1, 0.15) is 39.0 Å². The smallest absolute Gasteiger partial charge is 0.434 e. The van der Waals surface area contributed by atoms with E-state index in [4.69, 9.17) is 19.4 Å². The zero-order chi connectivity index (χ0) is 21.6. The first-order chi connectivity index (χ1) is 13.9. The van der Waals surface area contributed by atoms with Crippen molar-refractivity contribution in [1.82, 2.24) is 9.55 Å². The molecule has 29 heavy (non-hydrogen) atoms. The van der Waals surface area contributed by atoms with Crippen LogP contribution in [0.25, 0.3) is 0 Å². The molecular formula is C18H31N3O8. The zero-order valence-electron chi connectivity index (χ0n) is 16.8. The number of carbonyl (C=O) groups excluding carboxylic acids is 1. The molecule has 0 aromatic carbocycles. The Labute approximate surface area is 169 Å². The van der Waals surface area contributed by atoms with E-state index in [0.29, 0.717) is 0 Å². The fourth-order valence-corrected chi connectivity index (χ4v) is 2.55. The van der Waals surface area contributed by atoms with Crippen molar-refractivity contribution in [1.29, 1.82) is 0 Å². The summed E-state index contributed by atoms with van der Waals surface area (Å²) in [6.45, 7) is 1.76. The van der Waals surface area contributed by atoms with Crippen LogP contribution < -0.4 is 11.2 Å². The fourth-order valence-electron chi connectivity index (χ4n) is 2.55. The lowest BCUT2D eigenvalue weighted by Gasteiger charge is -2.25. The zero-order valence-corrected chi connectivity index (χ0v) is 16.8. The molecule has 0 amide bonds. The number of aromatic nitrogens is 2. The molecule has 0 fully saturated rings. The van der Waals surface area contributed by atoms with Gasteiger partial charge in [0.15, 0.2) is 5.82 Å². The van der Waals surface area contributed by atoms with Gasteiger partial charge in [-0.1, -0.05) is 32.6 Å². The molecule has 0 saturated heterocycles. The summed E-state index contributed by atoms with van der Waals surface area (Å²) in [5, 5.41) is 29.1. The van der Waals surface area contributed by atoms with Crippen LogP contribution in [-0.4, -0.2) is 69.8 Å². The Morgan fingerprint density at radius 3 is 2.59 bits per heavy atom. The van der Waals surface area contributed by atoms with Gasteiger partial charge in [0.2, 0.25) is 0 Å². The average Bonchev–Trinajstić information content (AvgIpc) is 2.72. The van der Waals surface area contributed by atoms with Crippen molar-refractivity contribution in [2.24, 2.45) is 0 Å². The molecule has 1 heterocycles. The number of anilines is 1. The first-order valence-corrected chi connectivity index (χ1v) is 9.59. The van der Waals surface area contributed by atoms with Gasteiger partial charge in [-0.25, -0.2) is 9.59 Å². The highest BCUT2D eigenvalue weighted by Crippen LogP contribution is 2.08. The number of nitrogens with one attached hydrogen (secondary N) is 1. The monoisotopic (exact) mass is 417 g/mol. The first kappa shape index (κ1) is 24.8. The molecule has 11 heteroatoms. The highest BCUT2D eigenvalue weighted by Gasteiger charge is 2.28. The van der Waals surface area contributed by atoms with Gasteiger partial charge in [0.1, 0.15) is 24.9 Å². The molecule has 0 aliphatic heterocycles. The number of aliphatic hydroxyl groups is 2. The van der Waals surface area contributed by atoms with Gasteiger partial charge in [0.05, 0.1) is 13.2 Å². The van der Waals surface area contributed by atoms with Crippen molar-refractivity contribution >= 4 is 12.0 Å². The highest BCUT2D eigenvalue weighted by atomic mass is 16.7. The Hall–Kier alpha value is -2.21. The Morgan fingerprint density at radius 1 is 1.24 bits per heavy atom. The van der Waals surface area contributed by atoms with Crippen LogP contribution in [0.4, 0.5) is 10.6 Å². The molecule has 1 rings (SSSR count). The second kappa shape index (κ2) is 13.9. The molecule has 3 atom stereocenters. The average molecular weight is 417 g/mol. The van der Waals surface area contributed by atoms with E-state index < -0.39 is 30.2 Å². The van der Waals surface area contributed by atoms with E-state index in [9.17, 15) is 19.8 Å². The number of rotatable bonds is 14. The minimum atomic E-state index is -1.44. The van der Waals surface area contributed by atoms with Crippen LogP contribution >= 0.6 is 0 Å². The third-order valence-corrected chi connectivity index (χ3v) is 4.28. The number of hydrogen-bond acceptors (Lipinski definition) is 10. The SMILES string of the molecule is CCCCCCCOC(=O)OC[C@@H](OC)[C@H](O)[C@H](O)Cn1ccc(NO)nc1=O. The van der Waals surface area contributed by atoms with Gasteiger partial charge < -0.3 is 24.4 Å². The maximum absolute atomic E-state index is 11.8. The number of ether oxygens (including phenoxy) is 3. The van der Waals surface area contributed by atoms with E-state index in [2.05, 4.69) is 11.9 Å². The van der Waals surface area contributed by atoms with E-state index in [1.165, 1.54) is 19.4 Å². The summed E-state index contributed by atoms with van der Waals surface area (Å²) < 4.78 is 16.0. The second-order valence-corrected chi connectivity index (χ2v) is 6.52. The molecule has 0 saturated carbocycles. The molecule has 166 valence electrons. The van der Waals surface area contributed by atoms with Crippen LogP contribution in [0.5, 0.6) is 0 Å². The normalized spacial score (nSPS) is 14.1. The second-order valence-electron chi connectivity index (χ2n) is 6.52. The number of aliphatic hydroxyl groups excluding tert-OH is 2. The molecule has 11 nitrogen and oxygen atoms in total. The Balaban J connectivity index is 2.42. The number of hydrogen-bond donors (Lipinski definition) is 4. The van der Waals surface area contributed by atoms with Gasteiger partial charge in [-0.2, -0.15) is 4.98 Å². The molecule has 0 aliphatic carbocycles. The Kier molecular flexibility index (Phi) is 11.9. The molecule has 1 aromatic rings. The van der Waals surface area contributed by atoms with E-state index in [0.717, 1.165) is 36.7 Å². The molecular weight excluding hydrogens is 386 g/mol.